The molecule has 0 aliphatic carbocycles. The minimum Gasteiger partial charge on any atom is -0.364 e. The summed E-state index contributed by atoms with van der Waals surface area (Å²) in [4.78, 5) is 20.4. The van der Waals surface area contributed by atoms with Crippen molar-refractivity contribution in [3.63, 3.8) is 0 Å². The summed E-state index contributed by atoms with van der Waals surface area (Å²) < 4.78 is 1.74. The fourth-order valence-electron chi connectivity index (χ4n) is 2.41. The number of hydrogen-bond acceptors (Lipinski definition) is 3. The van der Waals surface area contributed by atoms with E-state index in [1.165, 1.54) is 0 Å². The Morgan fingerprint density at radius 2 is 2.04 bits per heavy atom. The van der Waals surface area contributed by atoms with Gasteiger partial charge in [-0.15, -0.1) is 0 Å². The predicted octanol–water partition coefficient (Wildman–Crippen LogP) is 2.94. The number of nitrogens with two attached hydrogens (primary N) is 1. The number of primary amides is 1. The maximum Gasteiger partial charge on any atom is 0.269 e. The number of aryl methyl sites for hydroxylation is 1. The summed E-state index contributed by atoms with van der Waals surface area (Å²) in [6.07, 6.45) is 1.69. The average molecular weight is 351 g/mol. The molecule has 0 spiro atoms. The highest BCUT2D eigenvalue weighted by Crippen LogP contribution is 2.23. The highest BCUT2D eigenvalue weighted by molar-refractivity contribution is 6.30. The third-order valence-electron chi connectivity index (χ3n) is 3.66. The Balaban J connectivity index is 2.10. The molecule has 1 aromatic carbocycles. The van der Waals surface area contributed by atoms with Gasteiger partial charge in [-0.2, -0.15) is 0 Å². The lowest BCUT2D eigenvalue weighted by Crippen LogP contribution is -2.13. The van der Waals surface area contributed by atoms with E-state index in [2.05, 4.69) is 21.8 Å². The van der Waals surface area contributed by atoms with Gasteiger partial charge in [0.2, 0.25) is 0 Å². The summed E-state index contributed by atoms with van der Waals surface area (Å²) in [5, 5.41) is 0.607. The van der Waals surface area contributed by atoms with Crippen LogP contribution in [0.2, 0.25) is 5.02 Å². The molecule has 0 radical (unpaired) electrons. The van der Waals surface area contributed by atoms with Crippen LogP contribution in [0.5, 0.6) is 0 Å². The summed E-state index contributed by atoms with van der Waals surface area (Å²) in [6.45, 7) is 1.89. The lowest BCUT2D eigenvalue weighted by Gasteiger charge is -2.05. The van der Waals surface area contributed by atoms with Crippen LogP contribution in [0, 0.1) is 18.8 Å². The van der Waals surface area contributed by atoms with Crippen molar-refractivity contribution in [2.24, 2.45) is 12.8 Å². The fraction of sp³-hybridized carbons (Fsp3) is 0.105. The third kappa shape index (κ3) is 3.54. The van der Waals surface area contributed by atoms with Crippen molar-refractivity contribution in [2.45, 2.75) is 6.92 Å². The first-order valence-corrected chi connectivity index (χ1v) is 7.90. The van der Waals surface area contributed by atoms with E-state index in [9.17, 15) is 4.79 Å². The fourth-order valence-corrected chi connectivity index (χ4v) is 2.61. The number of nitrogens with zero attached hydrogens (tertiary/aromatic N) is 3. The first kappa shape index (κ1) is 16.7. The van der Waals surface area contributed by atoms with Gasteiger partial charge in [-0.05, 0) is 43.2 Å². The molecule has 2 aromatic heterocycles. The number of carbonyl (C=O) groups is 1. The first-order valence-electron chi connectivity index (χ1n) is 7.53. The van der Waals surface area contributed by atoms with E-state index in [1.54, 1.807) is 29.9 Å². The van der Waals surface area contributed by atoms with E-state index in [4.69, 9.17) is 17.3 Å². The van der Waals surface area contributed by atoms with Gasteiger partial charge in [0.25, 0.3) is 5.91 Å². The molecular formula is C19H15ClN4O. The Hall–Kier alpha value is -3.10. The van der Waals surface area contributed by atoms with E-state index in [1.807, 2.05) is 31.2 Å². The molecular weight excluding hydrogens is 336 g/mol. The smallest absolute Gasteiger partial charge is 0.269 e. The van der Waals surface area contributed by atoms with Crippen molar-refractivity contribution in [3.8, 4) is 23.1 Å². The summed E-state index contributed by atoms with van der Waals surface area (Å²) >= 11 is 5.96. The van der Waals surface area contributed by atoms with Crippen molar-refractivity contribution >= 4 is 17.5 Å². The molecule has 3 rings (SSSR count). The van der Waals surface area contributed by atoms with Crippen LogP contribution in [0.4, 0.5) is 0 Å². The molecule has 5 nitrogen and oxygen atoms in total. The minimum absolute atomic E-state index is 0.170. The summed E-state index contributed by atoms with van der Waals surface area (Å²) in [5.74, 6) is 5.79. The van der Waals surface area contributed by atoms with Gasteiger partial charge in [0.05, 0.1) is 5.69 Å². The predicted molar refractivity (Wildman–Crippen MR) is 97.1 cm³/mol. The second-order valence-electron chi connectivity index (χ2n) is 5.50. The van der Waals surface area contributed by atoms with E-state index < -0.39 is 5.91 Å². The molecule has 1 amide bonds. The number of pyridine rings is 1. The summed E-state index contributed by atoms with van der Waals surface area (Å²) in [5.41, 5.74) is 8.65. The van der Waals surface area contributed by atoms with Gasteiger partial charge in [0.15, 0.2) is 11.5 Å². The number of aromatic nitrogens is 3. The zero-order valence-corrected chi connectivity index (χ0v) is 14.5. The normalized spacial score (nSPS) is 10.2. The highest BCUT2D eigenvalue weighted by Gasteiger charge is 2.19. The Kier molecular flexibility index (Phi) is 4.55. The van der Waals surface area contributed by atoms with Gasteiger partial charge < -0.3 is 10.3 Å². The van der Waals surface area contributed by atoms with Crippen LogP contribution in [-0.4, -0.2) is 20.4 Å². The van der Waals surface area contributed by atoms with Crippen LogP contribution in [0.15, 0.2) is 42.6 Å². The van der Waals surface area contributed by atoms with Crippen LogP contribution in [-0.2, 0) is 7.05 Å². The molecule has 0 aliphatic heterocycles. The molecule has 3 aromatic rings. The number of benzene rings is 1. The third-order valence-corrected chi connectivity index (χ3v) is 3.89. The number of hydrogen-bond donors (Lipinski definition) is 1. The van der Waals surface area contributed by atoms with Crippen LogP contribution < -0.4 is 5.73 Å². The first-order chi connectivity index (χ1) is 12.0. The van der Waals surface area contributed by atoms with E-state index in [-0.39, 0.29) is 5.69 Å². The lowest BCUT2D eigenvalue weighted by molar-refractivity contribution is 0.0996. The molecule has 0 fully saturated rings. The Labute approximate surface area is 150 Å². The zero-order valence-electron chi connectivity index (χ0n) is 13.7. The Bertz CT molecular complexity index is 1010. The standard InChI is InChI=1S/C19H15ClN4O/c1-12-6-8-14(11-22-12)18-17(19(21)25)23-16(24(18)2)9-7-13-4-3-5-15(20)10-13/h3-6,8,10-11H,1-2H3,(H2,21,25). The van der Waals surface area contributed by atoms with Crippen molar-refractivity contribution in [1.29, 1.82) is 0 Å². The van der Waals surface area contributed by atoms with E-state index in [0.717, 1.165) is 16.8 Å². The second-order valence-corrected chi connectivity index (χ2v) is 5.94. The van der Waals surface area contributed by atoms with Gasteiger partial charge in [-0.1, -0.05) is 23.6 Å². The molecule has 0 unspecified atom stereocenters. The van der Waals surface area contributed by atoms with Crippen molar-refractivity contribution in [3.05, 3.63) is 70.4 Å². The number of imidazole rings is 1. The van der Waals surface area contributed by atoms with Gasteiger partial charge >= 0.3 is 0 Å². The quantitative estimate of drug-likeness (QED) is 0.722. The van der Waals surface area contributed by atoms with E-state index >= 15 is 0 Å². The van der Waals surface area contributed by atoms with Gasteiger partial charge in [-0.3, -0.25) is 9.78 Å². The van der Waals surface area contributed by atoms with E-state index in [0.29, 0.717) is 16.5 Å². The minimum atomic E-state index is -0.609. The summed E-state index contributed by atoms with van der Waals surface area (Å²) in [7, 11) is 1.79. The molecule has 124 valence electrons. The largest absolute Gasteiger partial charge is 0.364 e. The molecule has 0 atom stereocenters. The van der Waals surface area contributed by atoms with Crippen LogP contribution in [0.1, 0.15) is 27.6 Å². The van der Waals surface area contributed by atoms with Crippen LogP contribution in [0.25, 0.3) is 11.3 Å². The van der Waals surface area contributed by atoms with Gasteiger partial charge in [0.1, 0.15) is 0 Å². The number of rotatable bonds is 2. The van der Waals surface area contributed by atoms with Crippen molar-refractivity contribution in [2.75, 3.05) is 0 Å². The Morgan fingerprint density at radius 1 is 1.24 bits per heavy atom. The second kappa shape index (κ2) is 6.80. The van der Waals surface area contributed by atoms with Crippen LogP contribution in [0.3, 0.4) is 0 Å². The molecule has 25 heavy (non-hydrogen) atoms. The SMILES string of the molecule is Cc1ccc(-c2c(C(N)=O)nc(C#Cc3cccc(Cl)c3)n2C)cn1. The average Bonchev–Trinajstić information content (AvgIpc) is 2.91. The number of amides is 1. The molecule has 2 heterocycles. The molecule has 0 saturated carbocycles. The monoisotopic (exact) mass is 350 g/mol. The zero-order chi connectivity index (χ0) is 18.0. The maximum atomic E-state index is 11.8. The molecule has 0 saturated heterocycles. The molecule has 0 aliphatic rings. The van der Waals surface area contributed by atoms with Crippen molar-refractivity contribution < 1.29 is 4.79 Å². The Morgan fingerprint density at radius 3 is 2.68 bits per heavy atom. The van der Waals surface area contributed by atoms with Gasteiger partial charge in [0, 0.05) is 35.1 Å². The molecule has 6 heteroatoms. The van der Waals surface area contributed by atoms with Crippen molar-refractivity contribution in [1.82, 2.24) is 14.5 Å². The highest BCUT2D eigenvalue weighted by atomic mass is 35.5. The summed E-state index contributed by atoms with van der Waals surface area (Å²) in [6, 6.07) is 11.0. The number of halogens is 1. The molecule has 0 bridgehead atoms. The number of carbonyl (C=O) groups excluding carboxylic acids is 1. The van der Waals surface area contributed by atoms with Gasteiger partial charge in [-0.25, -0.2) is 4.98 Å². The van der Waals surface area contributed by atoms with Crippen LogP contribution >= 0.6 is 11.6 Å². The molecule has 2 N–H and O–H groups in total. The maximum absolute atomic E-state index is 11.8. The lowest BCUT2D eigenvalue weighted by atomic mass is 10.1. The topological polar surface area (TPSA) is 73.8 Å².